The van der Waals surface area contributed by atoms with Crippen molar-refractivity contribution in [3.8, 4) is 5.75 Å². The number of ketones is 1. The van der Waals surface area contributed by atoms with Crippen LogP contribution in [0.4, 0.5) is 4.39 Å². The van der Waals surface area contributed by atoms with Crippen LogP contribution in [-0.4, -0.2) is 36.2 Å². The largest absolute Gasteiger partial charge is 0.491 e. The topological polar surface area (TPSA) is 89.6 Å². The maximum Gasteiger partial charge on any atom is 0.306 e. The number of halogens is 1. The maximum absolute atomic E-state index is 12.0. The molecular weight excluding hydrogens is 300 g/mol. The number of benzene rings is 1. The highest BCUT2D eigenvalue weighted by Crippen LogP contribution is 2.18. The minimum Gasteiger partial charge on any atom is -0.491 e. The number of carboxylic acid groups (broad SMARTS) is 1. The van der Waals surface area contributed by atoms with Gasteiger partial charge in [0.1, 0.15) is 24.8 Å². The summed E-state index contributed by atoms with van der Waals surface area (Å²) in [6.07, 6.45) is 2.05. The number of aryl methyl sites for hydroxylation is 1. The van der Waals surface area contributed by atoms with E-state index >= 15 is 0 Å². The van der Waals surface area contributed by atoms with Crippen molar-refractivity contribution in [2.45, 2.75) is 38.6 Å². The molecule has 0 saturated carbocycles. The fourth-order valence-corrected chi connectivity index (χ4v) is 2.28. The molecule has 0 aliphatic carbocycles. The van der Waals surface area contributed by atoms with Crippen LogP contribution in [0.2, 0.25) is 0 Å². The highest BCUT2D eigenvalue weighted by atomic mass is 18.2. The number of aliphatic carboxylic acids is 1. The summed E-state index contributed by atoms with van der Waals surface area (Å²) in [4.78, 5) is 22.4. The Labute approximate surface area is 135 Å². The summed E-state index contributed by atoms with van der Waals surface area (Å²) < 4.78 is 17.2. The van der Waals surface area contributed by atoms with Gasteiger partial charge >= 0.3 is 5.97 Å². The Hall–Kier alpha value is -1.95. The van der Waals surface area contributed by atoms with E-state index in [9.17, 15) is 19.1 Å². The van der Waals surface area contributed by atoms with Gasteiger partial charge in [0.05, 0.1) is 12.0 Å². The molecule has 1 aromatic rings. The zero-order valence-electron chi connectivity index (χ0n) is 13.3. The van der Waals surface area contributed by atoms with Crippen LogP contribution >= 0.6 is 0 Å². The highest BCUT2D eigenvalue weighted by molar-refractivity contribution is 5.82. The first-order valence-corrected chi connectivity index (χ1v) is 7.70. The summed E-state index contributed by atoms with van der Waals surface area (Å²) >= 11 is 0. The van der Waals surface area contributed by atoms with Crippen LogP contribution in [0.1, 0.15) is 31.7 Å². The summed E-state index contributed by atoms with van der Waals surface area (Å²) in [6.45, 7) is 0.882. The molecule has 2 atom stereocenters. The lowest BCUT2D eigenvalue weighted by Gasteiger charge is -2.15. The van der Waals surface area contributed by atoms with Gasteiger partial charge in [-0.15, -0.1) is 0 Å². The van der Waals surface area contributed by atoms with Crippen molar-refractivity contribution in [3.63, 3.8) is 0 Å². The van der Waals surface area contributed by atoms with E-state index in [1.807, 2.05) is 12.1 Å². The molecule has 128 valence electrons. The van der Waals surface area contributed by atoms with E-state index in [1.165, 1.54) is 6.92 Å². The van der Waals surface area contributed by atoms with Crippen LogP contribution in [0.5, 0.6) is 5.75 Å². The number of carbonyl (C=O) groups excluding carboxylic acids is 1. The SMILES string of the molecule is CC(=O)C(N)CC(CCCc1ccc(OCC[18F])cc1)C(=O)O. The molecule has 0 amide bonds. The molecular formula is C17H24FNO4. The summed E-state index contributed by atoms with van der Waals surface area (Å²) in [5.41, 5.74) is 6.69. The third-order valence-corrected chi connectivity index (χ3v) is 3.70. The summed E-state index contributed by atoms with van der Waals surface area (Å²) in [6, 6.07) is 6.58. The Morgan fingerprint density at radius 3 is 2.48 bits per heavy atom. The molecule has 0 heterocycles. The molecule has 6 heteroatoms. The molecule has 5 nitrogen and oxygen atoms in total. The van der Waals surface area contributed by atoms with Crippen molar-refractivity contribution in [2.24, 2.45) is 11.7 Å². The molecule has 0 bridgehead atoms. The number of hydrogen-bond acceptors (Lipinski definition) is 4. The van der Waals surface area contributed by atoms with Gasteiger partial charge < -0.3 is 15.6 Å². The van der Waals surface area contributed by atoms with Crippen molar-refractivity contribution in [3.05, 3.63) is 29.8 Å². The van der Waals surface area contributed by atoms with Crippen molar-refractivity contribution in [2.75, 3.05) is 13.3 Å². The van der Waals surface area contributed by atoms with Gasteiger partial charge in [-0.25, -0.2) is 4.39 Å². The smallest absolute Gasteiger partial charge is 0.306 e. The van der Waals surface area contributed by atoms with Gasteiger partial charge in [0.2, 0.25) is 0 Å². The number of hydrogen-bond donors (Lipinski definition) is 2. The molecule has 0 aliphatic rings. The lowest BCUT2D eigenvalue weighted by molar-refractivity contribution is -0.142. The zero-order chi connectivity index (χ0) is 17.2. The van der Waals surface area contributed by atoms with Crippen LogP contribution in [0, 0.1) is 5.92 Å². The number of Topliss-reactive ketones (excluding diaryl/α,β-unsaturated/α-hetero) is 1. The third-order valence-electron chi connectivity index (χ3n) is 3.70. The minimum absolute atomic E-state index is 0.0377. The van der Waals surface area contributed by atoms with E-state index in [0.717, 1.165) is 12.0 Å². The minimum atomic E-state index is -0.920. The standard InChI is InChI=1S/C17H24FNO4/c1-12(20)16(19)11-14(17(21)22)4-2-3-13-5-7-15(8-6-13)23-10-9-18/h5-8,14,16H,2-4,9-11,19H2,1H3,(H,21,22)/i18-1. The third kappa shape index (κ3) is 7.23. The number of ether oxygens (including phenoxy) is 1. The summed E-state index contributed by atoms with van der Waals surface area (Å²) in [5.74, 6) is -1.11. The zero-order valence-corrected chi connectivity index (χ0v) is 13.3. The molecule has 0 aromatic heterocycles. The second kappa shape index (κ2) is 9.94. The highest BCUT2D eigenvalue weighted by Gasteiger charge is 2.22. The number of carbonyl (C=O) groups is 2. The van der Waals surface area contributed by atoms with Crippen molar-refractivity contribution in [1.82, 2.24) is 0 Å². The van der Waals surface area contributed by atoms with E-state index < -0.39 is 24.6 Å². The second-order valence-electron chi connectivity index (χ2n) is 5.56. The first-order valence-electron chi connectivity index (χ1n) is 7.70. The van der Waals surface area contributed by atoms with Gasteiger partial charge in [0.25, 0.3) is 0 Å². The van der Waals surface area contributed by atoms with Crippen LogP contribution in [0.3, 0.4) is 0 Å². The van der Waals surface area contributed by atoms with Crippen LogP contribution in [-0.2, 0) is 16.0 Å². The first kappa shape index (κ1) is 19.1. The number of carboxylic acids is 1. The predicted molar refractivity (Wildman–Crippen MR) is 85.2 cm³/mol. The van der Waals surface area contributed by atoms with Crippen LogP contribution < -0.4 is 10.5 Å². The van der Waals surface area contributed by atoms with E-state index in [1.54, 1.807) is 12.1 Å². The van der Waals surface area contributed by atoms with Gasteiger partial charge in [-0.05, 0) is 50.3 Å². The van der Waals surface area contributed by atoms with Gasteiger partial charge in [-0.1, -0.05) is 12.1 Å². The molecule has 23 heavy (non-hydrogen) atoms. The van der Waals surface area contributed by atoms with E-state index in [4.69, 9.17) is 10.5 Å². The number of rotatable bonds is 11. The van der Waals surface area contributed by atoms with E-state index in [0.29, 0.717) is 18.6 Å². The van der Waals surface area contributed by atoms with Crippen molar-refractivity contribution in [1.29, 1.82) is 0 Å². The van der Waals surface area contributed by atoms with Gasteiger partial charge in [-0.2, -0.15) is 0 Å². The normalized spacial score (nSPS) is 13.3. The molecule has 3 N–H and O–H groups in total. The Balaban J connectivity index is 2.43. The van der Waals surface area contributed by atoms with Gasteiger partial charge in [0.15, 0.2) is 0 Å². The van der Waals surface area contributed by atoms with E-state index in [2.05, 4.69) is 0 Å². The molecule has 1 aromatic carbocycles. The van der Waals surface area contributed by atoms with Crippen LogP contribution in [0.25, 0.3) is 0 Å². The molecule has 0 saturated heterocycles. The fourth-order valence-electron chi connectivity index (χ4n) is 2.28. The van der Waals surface area contributed by atoms with E-state index in [-0.39, 0.29) is 18.8 Å². The van der Waals surface area contributed by atoms with Gasteiger partial charge in [-0.3, -0.25) is 9.59 Å². The number of alkyl halides is 1. The summed E-state index contributed by atoms with van der Waals surface area (Å²) in [7, 11) is 0. The van der Waals surface area contributed by atoms with Crippen molar-refractivity contribution < 1.29 is 23.8 Å². The fraction of sp³-hybridized carbons (Fsp3) is 0.529. The second-order valence-corrected chi connectivity index (χ2v) is 5.56. The molecule has 0 fully saturated rings. The Bertz CT molecular complexity index is 504. The molecule has 0 spiro atoms. The average molecular weight is 324 g/mol. The molecule has 2 unspecified atom stereocenters. The summed E-state index contributed by atoms with van der Waals surface area (Å²) in [5, 5.41) is 9.21. The lowest BCUT2D eigenvalue weighted by atomic mass is 9.92. The Morgan fingerprint density at radius 1 is 1.30 bits per heavy atom. The first-order chi connectivity index (χ1) is 10.9. The molecule has 1 rings (SSSR count). The molecule has 0 aliphatic heterocycles. The number of nitrogens with two attached hydrogens (primary N) is 1. The Morgan fingerprint density at radius 2 is 1.96 bits per heavy atom. The lowest BCUT2D eigenvalue weighted by Crippen LogP contribution is -2.33. The average Bonchev–Trinajstić information content (AvgIpc) is 2.52. The maximum atomic E-state index is 12.0. The molecule has 0 radical (unpaired) electrons. The van der Waals surface area contributed by atoms with Crippen molar-refractivity contribution >= 4 is 11.8 Å². The monoisotopic (exact) mass is 324 g/mol. The predicted octanol–water partition coefficient (Wildman–Crippen LogP) is 2.36. The quantitative estimate of drug-likeness (QED) is 0.652. The van der Waals surface area contributed by atoms with Gasteiger partial charge in [0, 0.05) is 0 Å². The van der Waals surface area contributed by atoms with Crippen LogP contribution in [0.15, 0.2) is 24.3 Å². The Kier molecular flexibility index (Phi) is 8.26.